The number of hydrogen-bond acceptors (Lipinski definition) is 3. The Morgan fingerprint density at radius 1 is 1.10 bits per heavy atom. The lowest BCUT2D eigenvalue weighted by Crippen LogP contribution is -2.30. The fraction of sp³-hybridized carbons (Fsp3) is 0.588. The van der Waals surface area contributed by atoms with Crippen molar-refractivity contribution in [2.75, 3.05) is 36.5 Å². The molecule has 1 atom stereocenters. The molecule has 0 radical (unpaired) electrons. The predicted octanol–water partition coefficient (Wildman–Crippen LogP) is 3.04. The number of benzene rings is 1. The number of anilines is 2. The molecule has 4 heteroatoms. The number of carbonyl (C=O) groups excluding carboxylic acids is 1. The Kier molecular flexibility index (Phi) is 4.76. The van der Waals surface area contributed by atoms with Gasteiger partial charge in [0.1, 0.15) is 0 Å². The van der Waals surface area contributed by atoms with Gasteiger partial charge >= 0.3 is 0 Å². The third-order valence-corrected chi connectivity index (χ3v) is 4.39. The molecule has 2 heterocycles. The van der Waals surface area contributed by atoms with E-state index < -0.39 is 0 Å². The average molecular weight is 288 g/mol. The predicted molar refractivity (Wildman–Crippen MR) is 84.7 cm³/mol. The van der Waals surface area contributed by atoms with Crippen molar-refractivity contribution in [1.82, 2.24) is 0 Å². The second-order valence-electron chi connectivity index (χ2n) is 6.00. The first kappa shape index (κ1) is 14.4. The van der Waals surface area contributed by atoms with Crippen molar-refractivity contribution in [3.8, 4) is 0 Å². The minimum absolute atomic E-state index is 0.000482. The number of ether oxygens (including phenoxy) is 1. The highest BCUT2D eigenvalue weighted by molar-refractivity contribution is 5.92. The van der Waals surface area contributed by atoms with Crippen LogP contribution in [-0.4, -0.2) is 32.2 Å². The highest BCUT2D eigenvalue weighted by Gasteiger charge is 2.21. The number of rotatable bonds is 3. The molecule has 0 spiro atoms. The summed E-state index contributed by atoms with van der Waals surface area (Å²) in [5, 5.41) is 3.00. The molecule has 1 aromatic rings. The molecule has 1 aromatic carbocycles. The first-order chi connectivity index (χ1) is 10.3. The van der Waals surface area contributed by atoms with Gasteiger partial charge in [0, 0.05) is 31.1 Å². The van der Waals surface area contributed by atoms with Gasteiger partial charge in [-0.3, -0.25) is 4.79 Å². The number of nitrogens with one attached hydrogen (secondary N) is 1. The van der Waals surface area contributed by atoms with Crippen LogP contribution < -0.4 is 10.2 Å². The normalized spacial score (nSPS) is 22.9. The molecule has 2 aliphatic heterocycles. The van der Waals surface area contributed by atoms with Crippen molar-refractivity contribution in [2.24, 2.45) is 5.92 Å². The van der Waals surface area contributed by atoms with Gasteiger partial charge in [-0.1, -0.05) is 0 Å². The molecule has 0 aliphatic carbocycles. The largest absolute Gasteiger partial charge is 0.381 e. The molecule has 1 unspecified atom stereocenters. The molecule has 1 N–H and O–H groups in total. The van der Waals surface area contributed by atoms with Crippen LogP contribution in [0.25, 0.3) is 0 Å². The van der Waals surface area contributed by atoms with Gasteiger partial charge in [-0.2, -0.15) is 0 Å². The summed E-state index contributed by atoms with van der Waals surface area (Å²) < 4.78 is 5.37. The fourth-order valence-electron chi connectivity index (χ4n) is 3.10. The molecule has 1 amide bonds. The molecule has 4 nitrogen and oxygen atoms in total. The molecular weight excluding hydrogens is 264 g/mol. The summed E-state index contributed by atoms with van der Waals surface area (Å²) in [4.78, 5) is 14.6. The topological polar surface area (TPSA) is 41.6 Å². The van der Waals surface area contributed by atoms with Crippen molar-refractivity contribution in [1.29, 1.82) is 0 Å². The van der Waals surface area contributed by atoms with Crippen LogP contribution in [0.5, 0.6) is 0 Å². The SMILES string of the molecule is O=C(Nc1ccc(N2CCCCC2)cc1)C1CCCOC1. The number of hydrogen-bond donors (Lipinski definition) is 1. The van der Waals surface area contributed by atoms with E-state index in [2.05, 4.69) is 22.3 Å². The maximum atomic E-state index is 12.2. The van der Waals surface area contributed by atoms with Gasteiger partial charge in [-0.25, -0.2) is 0 Å². The zero-order valence-corrected chi connectivity index (χ0v) is 12.5. The maximum Gasteiger partial charge on any atom is 0.229 e. The van der Waals surface area contributed by atoms with Crippen LogP contribution in [0, 0.1) is 5.92 Å². The monoisotopic (exact) mass is 288 g/mol. The number of carbonyl (C=O) groups is 1. The first-order valence-electron chi connectivity index (χ1n) is 8.06. The Labute approximate surface area is 126 Å². The summed E-state index contributed by atoms with van der Waals surface area (Å²) in [6, 6.07) is 8.23. The van der Waals surface area contributed by atoms with E-state index in [0.29, 0.717) is 6.61 Å². The van der Waals surface area contributed by atoms with E-state index in [1.807, 2.05) is 12.1 Å². The van der Waals surface area contributed by atoms with Crippen LogP contribution in [0.2, 0.25) is 0 Å². The lowest BCUT2D eigenvalue weighted by molar-refractivity contribution is -0.123. The highest BCUT2D eigenvalue weighted by atomic mass is 16.5. The Balaban J connectivity index is 1.57. The zero-order valence-electron chi connectivity index (χ0n) is 12.5. The van der Waals surface area contributed by atoms with Crippen molar-refractivity contribution >= 4 is 17.3 Å². The number of piperidine rings is 1. The summed E-state index contributed by atoms with van der Waals surface area (Å²) in [5.74, 6) is 0.0842. The lowest BCUT2D eigenvalue weighted by atomic mass is 10.0. The van der Waals surface area contributed by atoms with Gasteiger partial charge in [-0.15, -0.1) is 0 Å². The minimum Gasteiger partial charge on any atom is -0.381 e. The van der Waals surface area contributed by atoms with Crippen LogP contribution in [0.4, 0.5) is 11.4 Å². The van der Waals surface area contributed by atoms with Crippen molar-refractivity contribution in [2.45, 2.75) is 32.1 Å². The third kappa shape index (κ3) is 3.76. The van der Waals surface area contributed by atoms with E-state index in [-0.39, 0.29) is 11.8 Å². The summed E-state index contributed by atoms with van der Waals surface area (Å²) in [7, 11) is 0. The first-order valence-corrected chi connectivity index (χ1v) is 8.06. The van der Waals surface area contributed by atoms with Gasteiger partial charge < -0.3 is 15.0 Å². The molecule has 114 valence electrons. The van der Waals surface area contributed by atoms with E-state index in [1.165, 1.54) is 24.9 Å². The van der Waals surface area contributed by atoms with E-state index in [0.717, 1.165) is 38.2 Å². The minimum atomic E-state index is 0.000482. The summed E-state index contributed by atoms with van der Waals surface area (Å²) >= 11 is 0. The van der Waals surface area contributed by atoms with E-state index in [9.17, 15) is 4.79 Å². The standard InChI is InChI=1S/C17H24N2O2/c20-17(14-5-4-12-21-13-14)18-15-6-8-16(9-7-15)19-10-2-1-3-11-19/h6-9,14H,1-5,10-13H2,(H,18,20). The maximum absolute atomic E-state index is 12.2. The van der Waals surface area contributed by atoms with Crippen molar-refractivity contribution in [3.63, 3.8) is 0 Å². The van der Waals surface area contributed by atoms with E-state index in [1.54, 1.807) is 0 Å². The lowest BCUT2D eigenvalue weighted by Gasteiger charge is -2.29. The van der Waals surface area contributed by atoms with Crippen molar-refractivity contribution in [3.05, 3.63) is 24.3 Å². The molecule has 2 saturated heterocycles. The molecule has 3 rings (SSSR count). The fourth-order valence-corrected chi connectivity index (χ4v) is 3.10. The Morgan fingerprint density at radius 2 is 1.86 bits per heavy atom. The summed E-state index contributed by atoms with van der Waals surface area (Å²) in [5.41, 5.74) is 2.14. The molecule has 0 aromatic heterocycles. The van der Waals surface area contributed by atoms with Crippen LogP contribution in [-0.2, 0) is 9.53 Å². The zero-order chi connectivity index (χ0) is 14.5. The molecular formula is C17H24N2O2. The number of nitrogens with zero attached hydrogens (tertiary/aromatic N) is 1. The van der Waals surface area contributed by atoms with Crippen molar-refractivity contribution < 1.29 is 9.53 Å². The smallest absolute Gasteiger partial charge is 0.229 e. The number of amides is 1. The Bertz CT molecular complexity index is 460. The molecule has 0 bridgehead atoms. The van der Waals surface area contributed by atoms with Gasteiger partial charge in [0.05, 0.1) is 12.5 Å². The highest BCUT2D eigenvalue weighted by Crippen LogP contribution is 2.22. The molecule has 21 heavy (non-hydrogen) atoms. The van der Waals surface area contributed by atoms with E-state index in [4.69, 9.17) is 4.74 Å². The summed E-state index contributed by atoms with van der Waals surface area (Å²) in [6.45, 7) is 3.63. The third-order valence-electron chi connectivity index (χ3n) is 4.39. The van der Waals surface area contributed by atoms with Gasteiger partial charge in [0.25, 0.3) is 0 Å². The molecule has 2 aliphatic rings. The Morgan fingerprint density at radius 3 is 2.52 bits per heavy atom. The van der Waals surface area contributed by atoms with Crippen LogP contribution in [0.15, 0.2) is 24.3 Å². The van der Waals surface area contributed by atoms with Crippen LogP contribution in [0.1, 0.15) is 32.1 Å². The van der Waals surface area contributed by atoms with Crippen LogP contribution in [0.3, 0.4) is 0 Å². The quantitative estimate of drug-likeness (QED) is 0.929. The van der Waals surface area contributed by atoms with Crippen LogP contribution >= 0.6 is 0 Å². The van der Waals surface area contributed by atoms with Gasteiger partial charge in [0.15, 0.2) is 0 Å². The van der Waals surface area contributed by atoms with Gasteiger partial charge in [-0.05, 0) is 56.4 Å². The second kappa shape index (κ2) is 6.94. The summed E-state index contributed by atoms with van der Waals surface area (Å²) in [6.07, 6.45) is 5.80. The molecule has 0 saturated carbocycles. The van der Waals surface area contributed by atoms with E-state index >= 15 is 0 Å². The van der Waals surface area contributed by atoms with Gasteiger partial charge in [0.2, 0.25) is 5.91 Å². The molecule has 2 fully saturated rings. The Hall–Kier alpha value is -1.55. The second-order valence-corrected chi connectivity index (χ2v) is 6.00. The average Bonchev–Trinajstić information content (AvgIpc) is 2.57.